The number of benzene rings is 2. The van der Waals surface area contributed by atoms with Gasteiger partial charge in [0.2, 0.25) is 0 Å². The third kappa shape index (κ3) is 2.85. The summed E-state index contributed by atoms with van der Waals surface area (Å²) in [4.78, 5) is 5.19. The predicted molar refractivity (Wildman–Crippen MR) is 117 cm³/mol. The van der Waals surface area contributed by atoms with E-state index in [1.54, 1.807) is 0 Å². The number of halogens is 1. The lowest BCUT2D eigenvalue weighted by Crippen LogP contribution is -2.57. The van der Waals surface area contributed by atoms with Crippen LogP contribution in [0.1, 0.15) is 35.9 Å². The molecule has 1 N–H and O–H groups in total. The average Bonchev–Trinajstić information content (AvgIpc) is 3.49. The van der Waals surface area contributed by atoms with Crippen molar-refractivity contribution < 1.29 is 0 Å². The van der Waals surface area contributed by atoms with Crippen LogP contribution in [0.15, 0.2) is 24.3 Å². The Hall–Kier alpha value is -0.850. The van der Waals surface area contributed by atoms with Gasteiger partial charge in [0.25, 0.3) is 0 Å². The van der Waals surface area contributed by atoms with Crippen LogP contribution in [-0.4, -0.2) is 46.8 Å². The molecule has 6 rings (SSSR count). The number of anilines is 1. The lowest BCUT2D eigenvalue weighted by molar-refractivity contribution is 0.0121. The zero-order valence-electron chi connectivity index (χ0n) is 14.5. The molecule has 136 valence electrons. The Bertz CT molecular complexity index is 888. The zero-order chi connectivity index (χ0) is 17.8. The molecule has 3 nitrogen and oxygen atoms in total. The Labute approximate surface area is 170 Å². The molecule has 4 aliphatic rings. The maximum Gasteiger partial charge on any atom is 0.135 e. The van der Waals surface area contributed by atoms with E-state index in [4.69, 9.17) is 23.8 Å². The van der Waals surface area contributed by atoms with E-state index in [0.29, 0.717) is 16.3 Å². The molecule has 3 heterocycles. The lowest BCUT2D eigenvalue weighted by Gasteiger charge is -2.48. The van der Waals surface area contributed by atoms with E-state index in [2.05, 4.69) is 52.0 Å². The summed E-state index contributed by atoms with van der Waals surface area (Å²) in [6.07, 6.45) is 2.53. The molecule has 0 aromatic heterocycles. The normalized spacial score (nSPS) is 27.7. The van der Waals surface area contributed by atoms with Crippen LogP contribution in [0, 0.1) is 0 Å². The van der Waals surface area contributed by atoms with E-state index in [1.807, 2.05) is 0 Å². The van der Waals surface area contributed by atoms with Gasteiger partial charge in [-0.2, -0.15) is 0 Å². The SMILES string of the molecule is S=C(S)Nc1c(Cl)c(C2CN3CCN2CC3)c(C2CC2)c2ccccc12. The molecule has 1 aliphatic carbocycles. The molecule has 2 bridgehead atoms. The molecule has 0 spiro atoms. The Balaban J connectivity index is 1.77. The monoisotopic (exact) mass is 403 g/mol. The van der Waals surface area contributed by atoms with Crippen molar-refractivity contribution in [2.75, 3.05) is 38.0 Å². The molecular weight excluding hydrogens is 382 g/mol. The fourth-order valence-corrected chi connectivity index (χ4v) is 5.30. The second-order valence-corrected chi connectivity index (χ2v) is 9.15. The van der Waals surface area contributed by atoms with Crippen LogP contribution in [0.4, 0.5) is 5.69 Å². The highest BCUT2D eigenvalue weighted by Crippen LogP contribution is 2.52. The number of rotatable bonds is 3. The number of hydrogen-bond acceptors (Lipinski definition) is 3. The van der Waals surface area contributed by atoms with Gasteiger partial charge in [-0.15, -0.1) is 12.6 Å². The molecule has 0 radical (unpaired) electrons. The van der Waals surface area contributed by atoms with E-state index in [-0.39, 0.29) is 0 Å². The highest BCUT2D eigenvalue weighted by molar-refractivity contribution is 8.11. The molecule has 6 heteroatoms. The first-order chi connectivity index (χ1) is 12.6. The number of nitrogens with one attached hydrogen (secondary N) is 1. The third-order valence-corrected chi connectivity index (χ3v) is 6.67. The number of thiocarbonyl (C=S) groups is 1. The van der Waals surface area contributed by atoms with Crippen molar-refractivity contribution in [3.05, 3.63) is 40.4 Å². The number of fused-ring (bicyclic) bond motifs is 4. The smallest absolute Gasteiger partial charge is 0.135 e. The van der Waals surface area contributed by atoms with Gasteiger partial charge in [0.15, 0.2) is 0 Å². The van der Waals surface area contributed by atoms with E-state index < -0.39 is 0 Å². The number of piperazine rings is 3. The summed E-state index contributed by atoms with van der Waals surface area (Å²) in [6, 6.07) is 8.96. The van der Waals surface area contributed by atoms with Gasteiger partial charge >= 0.3 is 0 Å². The molecule has 3 aliphatic heterocycles. The summed E-state index contributed by atoms with van der Waals surface area (Å²) in [5, 5.41) is 6.56. The molecule has 3 saturated heterocycles. The third-order valence-electron chi connectivity index (χ3n) is 6.06. The molecule has 1 saturated carbocycles. The van der Waals surface area contributed by atoms with Crippen molar-refractivity contribution in [3.8, 4) is 0 Å². The molecule has 2 aromatic rings. The van der Waals surface area contributed by atoms with Crippen LogP contribution in [0.3, 0.4) is 0 Å². The molecule has 0 amide bonds. The van der Waals surface area contributed by atoms with Crippen molar-refractivity contribution >= 4 is 57.2 Å². The van der Waals surface area contributed by atoms with Crippen molar-refractivity contribution in [1.82, 2.24) is 9.80 Å². The zero-order valence-corrected chi connectivity index (χ0v) is 17.0. The van der Waals surface area contributed by atoms with Gasteiger partial charge in [0.05, 0.1) is 10.7 Å². The number of nitrogens with zero attached hydrogens (tertiary/aromatic N) is 2. The largest absolute Gasteiger partial charge is 0.340 e. The number of hydrogen-bond donors (Lipinski definition) is 2. The second kappa shape index (κ2) is 6.64. The Morgan fingerprint density at radius 3 is 2.35 bits per heavy atom. The van der Waals surface area contributed by atoms with E-state index in [0.717, 1.165) is 35.7 Å². The fraction of sp³-hybridized carbons (Fsp3) is 0.450. The van der Waals surface area contributed by atoms with Crippen LogP contribution in [0.2, 0.25) is 5.02 Å². The van der Waals surface area contributed by atoms with E-state index >= 15 is 0 Å². The van der Waals surface area contributed by atoms with Crippen molar-refractivity contribution in [2.24, 2.45) is 0 Å². The fourth-order valence-electron chi connectivity index (χ4n) is 4.71. The van der Waals surface area contributed by atoms with Crippen LogP contribution in [0.5, 0.6) is 0 Å². The first-order valence-corrected chi connectivity index (χ1v) is 10.6. The van der Waals surface area contributed by atoms with Gasteiger partial charge in [-0.25, -0.2) is 0 Å². The Morgan fingerprint density at radius 1 is 1.08 bits per heavy atom. The van der Waals surface area contributed by atoms with Crippen molar-refractivity contribution in [1.29, 1.82) is 0 Å². The summed E-state index contributed by atoms with van der Waals surface area (Å²) in [6.45, 7) is 5.68. The van der Waals surface area contributed by atoms with E-state index in [9.17, 15) is 0 Å². The summed E-state index contributed by atoms with van der Waals surface area (Å²) in [5.74, 6) is 0.640. The lowest BCUT2D eigenvalue weighted by atomic mass is 9.87. The maximum atomic E-state index is 7.08. The Morgan fingerprint density at radius 2 is 1.77 bits per heavy atom. The van der Waals surface area contributed by atoms with Crippen molar-refractivity contribution in [3.63, 3.8) is 0 Å². The highest BCUT2D eigenvalue weighted by atomic mass is 35.5. The molecule has 2 aromatic carbocycles. The minimum atomic E-state index is 0.374. The van der Waals surface area contributed by atoms with Gasteiger partial charge in [-0.05, 0) is 35.3 Å². The van der Waals surface area contributed by atoms with Crippen LogP contribution >= 0.6 is 36.4 Å². The van der Waals surface area contributed by atoms with Crippen LogP contribution in [-0.2, 0) is 0 Å². The quantitative estimate of drug-likeness (QED) is 0.572. The van der Waals surface area contributed by atoms with E-state index in [1.165, 1.54) is 42.4 Å². The molecule has 1 unspecified atom stereocenters. The molecular formula is C20H22ClN3S2. The summed E-state index contributed by atoms with van der Waals surface area (Å²) >= 11 is 16.6. The molecule has 4 fully saturated rings. The predicted octanol–water partition coefficient (Wildman–Crippen LogP) is 4.67. The topological polar surface area (TPSA) is 18.5 Å². The maximum absolute atomic E-state index is 7.08. The molecule has 1 atom stereocenters. The van der Waals surface area contributed by atoms with Crippen molar-refractivity contribution in [2.45, 2.75) is 24.8 Å². The standard InChI is InChI=1S/C20H22ClN3S2/c21-18-17(15-11-23-7-9-24(15)10-8-23)16(12-5-6-12)13-3-1-2-4-14(13)19(18)22-20(25)26/h1-4,12,15H,5-11H2,(H2,22,25,26). The first-order valence-electron chi connectivity index (χ1n) is 9.34. The molecule has 26 heavy (non-hydrogen) atoms. The summed E-state index contributed by atoms with van der Waals surface area (Å²) in [5.41, 5.74) is 3.71. The minimum absolute atomic E-state index is 0.374. The van der Waals surface area contributed by atoms with Gasteiger partial charge in [-0.3, -0.25) is 9.80 Å². The Kier molecular flexibility index (Phi) is 4.41. The van der Waals surface area contributed by atoms with Gasteiger partial charge in [0, 0.05) is 44.2 Å². The van der Waals surface area contributed by atoms with Crippen LogP contribution in [0.25, 0.3) is 10.8 Å². The average molecular weight is 404 g/mol. The van der Waals surface area contributed by atoms with Gasteiger partial charge in [0.1, 0.15) is 4.32 Å². The number of thiol groups is 1. The second-order valence-electron chi connectivity index (χ2n) is 7.62. The highest BCUT2D eigenvalue weighted by Gasteiger charge is 2.39. The first kappa shape index (κ1) is 17.3. The van der Waals surface area contributed by atoms with Gasteiger partial charge < -0.3 is 5.32 Å². The summed E-state index contributed by atoms with van der Waals surface area (Å²) in [7, 11) is 0. The summed E-state index contributed by atoms with van der Waals surface area (Å²) < 4.78 is 0.455. The minimum Gasteiger partial charge on any atom is -0.340 e. The van der Waals surface area contributed by atoms with Crippen LogP contribution < -0.4 is 5.32 Å². The van der Waals surface area contributed by atoms with Gasteiger partial charge in [-0.1, -0.05) is 48.1 Å².